The van der Waals surface area contributed by atoms with Crippen LogP contribution >= 0.6 is 11.8 Å². The number of aromatic nitrogens is 1. The maximum atomic E-state index is 10.9. The highest BCUT2D eigenvalue weighted by molar-refractivity contribution is 8.04. The van der Waals surface area contributed by atoms with E-state index in [-0.39, 0.29) is 5.37 Å². The largest absolute Gasteiger partial charge is 0.373 e. The van der Waals surface area contributed by atoms with Crippen LogP contribution in [0.4, 0.5) is 0 Å². The van der Waals surface area contributed by atoms with Gasteiger partial charge >= 0.3 is 0 Å². The third kappa shape index (κ3) is 1.72. The van der Waals surface area contributed by atoms with Crippen LogP contribution in [0.1, 0.15) is 11.1 Å². The summed E-state index contributed by atoms with van der Waals surface area (Å²) in [5.41, 5.74) is 6.04. The Hall–Kier alpha value is -1.49. The Morgan fingerprint density at radius 1 is 1.57 bits per heavy atom. The van der Waals surface area contributed by atoms with E-state index < -0.39 is 5.91 Å². The van der Waals surface area contributed by atoms with Crippen LogP contribution in [0.15, 0.2) is 35.5 Å². The van der Waals surface area contributed by atoms with Gasteiger partial charge in [0.25, 0.3) is 5.91 Å². The van der Waals surface area contributed by atoms with E-state index in [0.717, 1.165) is 5.69 Å². The highest BCUT2D eigenvalue weighted by Gasteiger charge is 2.22. The summed E-state index contributed by atoms with van der Waals surface area (Å²) in [5, 5.41) is 3.04. The molecule has 0 spiro atoms. The number of primary amides is 1. The lowest BCUT2D eigenvalue weighted by Crippen LogP contribution is -2.10. The van der Waals surface area contributed by atoms with Crippen LogP contribution < -0.4 is 11.1 Å². The molecule has 0 saturated heterocycles. The average molecular weight is 207 g/mol. The van der Waals surface area contributed by atoms with E-state index in [2.05, 4.69) is 10.3 Å². The fraction of sp³-hybridized carbons (Fsp3) is 0.111. The van der Waals surface area contributed by atoms with Crippen LogP contribution in [0.5, 0.6) is 0 Å². The zero-order valence-electron chi connectivity index (χ0n) is 7.31. The van der Waals surface area contributed by atoms with E-state index in [0.29, 0.717) is 4.91 Å². The number of carbonyl (C=O) groups excluding carboxylic acids is 1. The van der Waals surface area contributed by atoms with E-state index >= 15 is 0 Å². The molecule has 2 rings (SSSR count). The molecule has 4 nitrogen and oxygen atoms in total. The van der Waals surface area contributed by atoms with Crippen molar-refractivity contribution in [1.29, 1.82) is 0 Å². The van der Waals surface area contributed by atoms with Crippen molar-refractivity contribution in [2.45, 2.75) is 5.37 Å². The van der Waals surface area contributed by atoms with Gasteiger partial charge in [-0.25, -0.2) is 0 Å². The molecule has 0 aromatic carbocycles. The molecule has 1 aromatic heterocycles. The number of amides is 1. The van der Waals surface area contributed by atoms with E-state index in [1.807, 2.05) is 18.2 Å². The van der Waals surface area contributed by atoms with E-state index in [1.165, 1.54) is 11.8 Å². The summed E-state index contributed by atoms with van der Waals surface area (Å²) in [6, 6.07) is 5.67. The Bertz CT molecular complexity index is 377. The number of hydrogen-bond donors (Lipinski definition) is 2. The smallest absolute Gasteiger partial charge is 0.256 e. The Balaban J connectivity index is 2.10. The maximum Gasteiger partial charge on any atom is 0.256 e. The predicted molar refractivity (Wildman–Crippen MR) is 55.0 cm³/mol. The Labute approximate surface area is 85.6 Å². The normalized spacial score (nSPS) is 20.0. The van der Waals surface area contributed by atoms with Gasteiger partial charge in [-0.05, 0) is 12.1 Å². The molecule has 1 aromatic rings. The number of hydrogen-bond acceptors (Lipinski definition) is 4. The molecule has 1 unspecified atom stereocenters. The number of rotatable bonds is 2. The summed E-state index contributed by atoms with van der Waals surface area (Å²) in [5.74, 6) is -0.402. The summed E-state index contributed by atoms with van der Waals surface area (Å²) < 4.78 is 0. The van der Waals surface area contributed by atoms with Gasteiger partial charge in [0, 0.05) is 12.4 Å². The van der Waals surface area contributed by atoms with Crippen LogP contribution in [0, 0.1) is 0 Å². The standard InChI is InChI=1S/C9H9N3OS/c10-8(13)7-5-12-9(14-7)6-3-1-2-4-11-6/h1-5,9,12H,(H2,10,13). The zero-order valence-corrected chi connectivity index (χ0v) is 8.12. The summed E-state index contributed by atoms with van der Waals surface area (Å²) in [6.45, 7) is 0. The molecule has 0 bridgehead atoms. The second-order valence-electron chi connectivity index (χ2n) is 2.79. The lowest BCUT2D eigenvalue weighted by molar-refractivity contribution is -0.113. The highest BCUT2D eigenvalue weighted by atomic mass is 32.2. The second kappa shape index (κ2) is 3.71. The Morgan fingerprint density at radius 2 is 2.43 bits per heavy atom. The molecule has 1 aliphatic rings. The van der Waals surface area contributed by atoms with Crippen molar-refractivity contribution in [3.05, 3.63) is 41.2 Å². The van der Waals surface area contributed by atoms with Crippen molar-refractivity contribution < 1.29 is 4.79 Å². The Morgan fingerprint density at radius 3 is 3.00 bits per heavy atom. The molecule has 0 aliphatic carbocycles. The quantitative estimate of drug-likeness (QED) is 0.750. The van der Waals surface area contributed by atoms with Crippen LogP contribution in [0.2, 0.25) is 0 Å². The SMILES string of the molecule is NC(=O)C1=CNC(c2ccccn2)S1. The van der Waals surface area contributed by atoms with Gasteiger partial charge in [-0.3, -0.25) is 9.78 Å². The van der Waals surface area contributed by atoms with Crippen LogP contribution in [-0.4, -0.2) is 10.9 Å². The van der Waals surface area contributed by atoms with Crippen LogP contribution in [0.25, 0.3) is 0 Å². The van der Waals surface area contributed by atoms with Crippen molar-refractivity contribution in [1.82, 2.24) is 10.3 Å². The molecule has 1 amide bonds. The fourth-order valence-electron chi connectivity index (χ4n) is 1.15. The van der Waals surface area contributed by atoms with E-state index in [1.54, 1.807) is 12.4 Å². The van der Waals surface area contributed by atoms with Crippen molar-refractivity contribution in [3.8, 4) is 0 Å². The first kappa shape index (κ1) is 9.08. The molecule has 2 heterocycles. The minimum absolute atomic E-state index is 0.00120. The topological polar surface area (TPSA) is 68.0 Å². The van der Waals surface area contributed by atoms with Crippen molar-refractivity contribution in [2.75, 3.05) is 0 Å². The van der Waals surface area contributed by atoms with Gasteiger partial charge in [0.15, 0.2) is 0 Å². The van der Waals surface area contributed by atoms with Gasteiger partial charge in [0.2, 0.25) is 0 Å². The summed E-state index contributed by atoms with van der Waals surface area (Å²) in [7, 11) is 0. The number of nitrogens with two attached hydrogens (primary N) is 1. The van der Waals surface area contributed by atoms with Gasteiger partial charge in [-0.1, -0.05) is 17.8 Å². The van der Waals surface area contributed by atoms with Gasteiger partial charge in [0.1, 0.15) is 5.37 Å². The summed E-state index contributed by atoms with van der Waals surface area (Å²) in [4.78, 5) is 15.6. The van der Waals surface area contributed by atoms with E-state index in [9.17, 15) is 4.79 Å². The second-order valence-corrected chi connectivity index (χ2v) is 3.94. The first-order valence-electron chi connectivity index (χ1n) is 4.11. The first-order chi connectivity index (χ1) is 6.77. The van der Waals surface area contributed by atoms with Crippen molar-refractivity contribution in [2.24, 2.45) is 5.73 Å². The molecular formula is C9H9N3OS. The van der Waals surface area contributed by atoms with Crippen LogP contribution in [0.3, 0.4) is 0 Å². The maximum absolute atomic E-state index is 10.9. The third-order valence-corrected chi connectivity index (χ3v) is 3.00. The van der Waals surface area contributed by atoms with Gasteiger partial charge in [0.05, 0.1) is 10.6 Å². The summed E-state index contributed by atoms with van der Waals surface area (Å²) >= 11 is 1.38. The molecule has 0 radical (unpaired) electrons. The molecule has 14 heavy (non-hydrogen) atoms. The van der Waals surface area contributed by atoms with Gasteiger partial charge < -0.3 is 11.1 Å². The minimum Gasteiger partial charge on any atom is -0.373 e. The van der Waals surface area contributed by atoms with Gasteiger partial charge in [-0.2, -0.15) is 0 Å². The Kier molecular flexibility index (Phi) is 2.41. The molecule has 72 valence electrons. The van der Waals surface area contributed by atoms with Crippen molar-refractivity contribution >= 4 is 17.7 Å². The first-order valence-corrected chi connectivity index (χ1v) is 4.99. The summed E-state index contributed by atoms with van der Waals surface area (Å²) in [6.07, 6.45) is 3.35. The minimum atomic E-state index is -0.402. The third-order valence-electron chi connectivity index (χ3n) is 1.81. The molecule has 5 heteroatoms. The monoisotopic (exact) mass is 207 g/mol. The van der Waals surface area contributed by atoms with Gasteiger partial charge in [-0.15, -0.1) is 0 Å². The highest BCUT2D eigenvalue weighted by Crippen LogP contribution is 2.35. The number of thioether (sulfide) groups is 1. The lowest BCUT2D eigenvalue weighted by Gasteiger charge is -2.08. The van der Waals surface area contributed by atoms with Crippen molar-refractivity contribution in [3.63, 3.8) is 0 Å². The fourth-order valence-corrected chi connectivity index (χ4v) is 2.05. The predicted octanol–water partition coefficient (Wildman–Crippen LogP) is 0.743. The molecule has 0 saturated carbocycles. The lowest BCUT2D eigenvalue weighted by atomic mass is 10.3. The molecule has 3 N–H and O–H groups in total. The zero-order chi connectivity index (χ0) is 9.97. The number of carbonyl (C=O) groups is 1. The molecule has 1 aliphatic heterocycles. The molecule has 0 fully saturated rings. The van der Waals surface area contributed by atoms with Crippen LogP contribution in [-0.2, 0) is 4.79 Å². The molecular weight excluding hydrogens is 198 g/mol. The molecule has 1 atom stereocenters. The average Bonchev–Trinajstić information content (AvgIpc) is 2.68. The van der Waals surface area contributed by atoms with E-state index in [4.69, 9.17) is 5.73 Å². The number of nitrogens with zero attached hydrogens (tertiary/aromatic N) is 1. The number of nitrogens with one attached hydrogen (secondary N) is 1. The number of pyridine rings is 1.